The Balaban J connectivity index is 2.71. The number of carbonyl (C=O) groups excluding carboxylic acids is 1. The van der Waals surface area contributed by atoms with E-state index >= 15 is 0 Å². The molecule has 0 unspecified atom stereocenters. The topological polar surface area (TPSA) is 52.3 Å². The molecule has 94 valence electrons. The van der Waals surface area contributed by atoms with Crippen LogP contribution in [0.5, 0.6) is 5.75 Å². The molecular formula is C11H12F3NO2. The molecule has 0 heterocycles. The normalized spacial score (nSPS) is 13.2. The molecule has 1 aromatic rings. The third-order valence-electron chi connectivity index (χ3n) is 2.19. The molecule has 0 radical (unpaired) electrons. The lowest BCUT2D eigenvalue weighted by Crippen LogP contribution is -2.17. The Labute approximate surface area is 96.4 Å². The van der Waals surface area contributed by atoms with Gasteiger partial charge in [-0.05, 0) is 23.6 Å². The summed E-state index contributed by atoms with van der Waals surface area (Å²) in [6.07, 6.45) is -4.54. The van der Waals surface area contributed by atoms with E-state index in [0.717, 1.165) is 5.56 Å². The summed E-state index contributed by atoms with van der Waals surface area (Å²) in [7, 11) is 0. The van der Waals surface area contributed by atoms with Crippen molar-refractivity contribution in [2.75, 3.05) is 0 Å². The maximum atomic E-state index is 11.9. The van der Waals surface area contributed by atoms with Gasteiger partial charge in [-0.25, -0.2) is 0 Å². The summed E-state index contributed by atoms with van der Waals surface area (Å²) in [6, 6.07) is 5.38. The number of ether oxygens (including phenoxy) is 1. The number of nitrogens with two attached hydrogens (primary N) is 1. The van der Waals surface area contributed by atoms with Crippen molar-refractivity contribution in [2.24, 2.45) is 5.73 Å². The third kappa shape index (κ3) is 4.76. The molecule has 1 amide bonds. The maximum Gasteiger partial charge on any atom is 0.573 e. The lowest BCUT2D eigenvalue weighted by molar-refractivity contribution is -0.274. The van der Waals surface area contributed by atoms with Crippen LogP contribution in [0.1, 0.15) is 24.8 Å². The molecule has 0 fully saturated rings. The van der Waals surface area contributed by atoms with E-state index in [2.05, 4.69) is 4.74 Å². The van der Waals surface area contributed by atoms with Crippen LogP contribution in [-0.2, 0) is 4.79 Å². The molecule has 0 aromatic heterocycles. The molecule has 17 heavy (non-hydrogen) atoms. The van der Waals surface area contributed by atoms with Gasteiger partial charge in [-0.15, -0.1) is 13.2 Å². The van der Waals surface area contributed by atoms with E-state index in [1.807, 2.05) is 0 Å². The van der Waals surface area contributed by atoms with E-state index in [9.17, 15) is 18.0 Å². The zero-order valence-corrected chi connectivity index (χ0v) is 9.12. The van der Waals surface area contributed by atoms with Gasteiger partial charge in [0.25, 0.3) is 0 Å². The van der Waals surface area contributed by atoms with Gasteiger partial charge in [0.05, 0.1) is 0 Å². The van der Waals surface area contributed by atoms with Gasteiger partial charge < -0.3 is 10.5 Å². The molecule has 1 rings (SSSR count). The highest BCUT2D eigenvalue weighted by molar-refractivity contribution is 5.74. The lowest BCUT2D eigenvalue weighted by Gasteiger charge is -2.12. The molecule has 0 saturated carbocycles. The summed E-state index contributed by atoms with van der Waals surface area (Å²) in [5.41, 5.74) is 5.77. The molecule has 0 spiro atoms. The second kappa shape index (κ2) is 5.07. The van der Waals surface area contributed by atoms with Crippen LogP contribution in [0.2, 0.25) is 0 Å². The molecular weight excluding hydrogens is 235 g/mol. The minimum Gasteiger partial charge on any atom is -0.406 e. The predicted molar refractivity (Wildman–Crippen MR) is 55.4 cm³/mol. The van der Waals surface area contributed by atoms with Crippen LogP contribution in [0.4, 0.5) is 13.2 Å². The van der Waals surface area contributed by atoms with Gasteiger partial charge in [0, 0.05) is 6.42 Å². The Morgan fingerprint density at radius 1 is 1.35 bits per heavy atom. The molecule has 1 atom stereocenters. The quantitative estimate of drug-likeness (QED) is 0.888. The highest BCUT2D eigenvalue weighted by Gasteiger charge is 2.30. The van der Waals surface area contributed by atoms with Gasteiger partial charge in [0.15, 0.2) is 0 Å². The van der Waals surface area contributed by atoms with Crippen molar-refractivity contribution in [3.63, 3.8) is 0 Å². The molecule has 0 aliphatic rings. The monoisotopic (exact) mass is 247 g/mol. The summed E-state index contributed by atoms with van der Waals surface area (Å²) < 4.78 is 39.4. The number of rotatable bonds is 4. The van der Waals surface area contributed by atoms with Crippen LogP contribution in [0.15, 0.2) is 24.3 Å². The Kier molecular flexibility index (Phi) is 3.98. The summed E-state index contributed by atoms with van der Waals surface area (Å²) in [4.78, 5) is 10.7. The molecule has 0 bridgehead atoms. The first kappa shape index (κ1) is 13.3. The number of amides is 1. The Morgan fingerprint density at radius 3 is 2.29 bits per heavy atom. The first-order valence-electron chi connectivity index (χ1n) is 4.92. The van der Waals surface area contributed by atoms with Crippen LogP contribution >= 0.6 is 0 Å². The van der Waals surface area contributed by atoms with E-state index in [0.29, 0.717) is 0 Å². The largest absolute Gasteiger partial charge is 0.573 e. The second-order valence-corrected chi connectivity index (χ2v) is 3.69. The number of carbonyl (C=O) groups is 1. The summed E-state index contributed by atoms with van der Waals surface area (Å²) in [5.74, 6) is -0.868. The zero-order chi connectivity index (χ0) is 13.1. The van der Waals surface area contributed by atoms with E-state index in [1.54, 1.807) is 6.92 Å². The minimum atomic E-state index is -4.69. The van der Waals surface area contributed by atoms with Crippen LogP contribution in [0.25, 0.3) is 0 Å². The smallest absolute Gasteiger partial charge is 0.406 e. The van der Waals surface area contributed by atoms with Gasteiger partial charge >= 0.3 is 6.36 Å². The molecule has 3 nitrogen and oxygen atoms in total. The van der Waals surface area contributed by atoms with Crippen molar-refractivity contribution in [2.45, 2.75) is 25.6 Å². The average Bonchev–Trinajstić information content (AvgIpc) is 2.15. The van der Waals surface area contributed by atoms with Crippen molar-refractivity contribution in [3.05, 3.63) is 29.8 Å². The second-order valence-electron chi connectivity index (χ2n) is 3.69. The number of alkyl halides is 3. The van der Waals surface area contributed by atoms with Crippen LogP contribution in [0.3, 0.4) is 0 Å². The van der Waals surface area contributed by atoms with Crippen LogP contribution in [-0.4, -0.2) is 12.3 Å². The van der Waals surface area contributed by atoms with Crippen molar-refractivity contribution < 1.29 is 22.7 Å². The van der Waals surface area contributed by atoms with E-state index < -0.39 is 12.3 Å². The van der Waals surface area contributed by atoms with Crippen molar-refractivity contribution in [1.29, 1.82) is 0 Å². The van der Waals surface area contributed by atoms with Crippen LogP contribution < -0.4 is 10.5 Å². The van der Waals surface area contributed by atoms with E-state index in [1.165, 1.54) is 24.3 Å². The standard InChI is InChI=1S/C11H12F3NO2/c1-7(6-10(15)16)8-2-4-9(5-3-8)17-11(12,13)14/h2-5,7H,6H2,1H3,(H2,15,16)/t7-/m0/s1. The van der Waals surface area contributed by atoms with Crippen molar-refractivity contribution in [3.8, 4) is 5.75 Å². The van der Waals surface area contributed by atoms with E-state index in [-0.39, 0.29) is 18.1 Å². The van der Waals surface area contributed by atoms with Gasteiger partial charge in [0.1, 0.15) is 5.75 Å². The fourth-order valence-electron chi connectivity index (χ4n) is 1.42. The maximum absolute atomic E-state index is 11.9. The fourth-order valence-corrected chi connectivity index (χ4v) is 1.42. The first-order valence-corrected chi connectivity index (χ1v) is 4.92. The van der Waals surface area contributed by atoms with Crippen molar-refractivity contribution in [1.82, 2.24) is 0 Å². The molecule has 0 saturated heterocycles. The summed E-state index contributed by atoms with van der Waals surface area (Å²) in [5, 5.41) is 0. The number of hydrogen-bond donors (Lipinski definition) is 1. The van der Waals surface area contributed by atoms with Gasteiger partial charge in [0.2, 0.25) is 5.91 Å². The summed E-state index contributed by atoms with van der Waals surface area (Å²) in [6.45, 7) is 1.77. The molecule has 0 aliphatic heterocycles. The Bertz CT molecular complexity index is 387. The zero-order valence-electron chi connectivity index (χ0n) is 9.12. The van der Waals surface area contributed by atoms with Crippen LogP contribution in [0, 0.1) is 0 Å². The average molecular weight is 247 g/mol. The fraction of sp³-hybridized carbons (Fsp3) is 0.364. The van der Waals surface area contributed by atoms with Gasteiger partial charge in [-0.3, -0.25) is 4.79 Å². The SMILES string of the molecule is C[C@@H](CC(N)=O)c1ccc(OC(F)(F)F)cc1. The Hall–Kier alpha value is -1.72. The summed E-state index contributed by atoms with van der Waals surface area (Å²) >= 11 is 0. The van der Waals surface area contributed by atoms with Gasteiger partial charge in [-0.1, -0.05) is 19.1 Å². The molecule has 0 aliphatic carbocycles. The van der Waals surface area contributed by atoms with Crippen molar-refractivity contribution >= 4 is 5.91 Å². The molecule has 6 heteroatoms. The number of benzene rings is 1. The van der Waals surface area contributed by atoms with E-state index in [4.69, 9.17) is 5.73 Å². The lowest BCUT2D eigenvalue weighted by atomic mass is 9.97. The third-order valence-corrected chi connectivity index (χ3v) is 2.19. The Morgan fingerprint density at radius 2 is 1.88 bits per heavy atom. The highest BCUT2D eigenvalue weighted by Crippen LogP contribution is 2.25. The molecule has 1 aromatic carbocycles. The number of hydrogen-bond acceptors (Lipinski definition) is 2. The predicted octanol–water partition coefficient (Wildman–Crippen LogP) is 2.56. The first-order chi connectivity index (χ1) is 7.78. The molecule has 2 N–H and O–H groups in total. The minimum absolute atomic E-state index is 0.132. The number of primary amides is 1. The highest BCUT2D eigenvalue weighted by atomic mass is 19.4. The number of halogens is 3. The van der Waals surface area contributed by atoms with Gasteiger partial charge in [-0.2, -0.15) is 0 Å².